The Kier molecular flexibility index (Phi) is 5.21. The zero-order chi connectivity index (χ0) is 15.1. The molecule has 0 spiro atoms. The summed E-state index contributed by atoms with van der Waals surface area (Å²) >= 11 is 0. The number of hydrogen-bond donors (Lipinski definition) is 2. The lowest BCUT2D eigenvalue weighted by atomic mass is 10.1. The molecule has 0 atom stereocenters. The van der Waals surface area contributed by atoms with Gasteiger partial charge < -0.3 is 14.9 Å². The van der Waals surface area contributed by atoms with Gasteiger partial charge in [0, 0.05) is 6.42 Å². The highest BCUT2D eigenvalue weighted by atomic mass is 16.5. The molecule has 2 aromatic rings. The number of hydrogen-bond acceptors (Lipinski definition) is 3. The van der Waals surface area contributed by atoms with Crippen molar-refractivity contribution < 1.29 is 19.7 Å². The zero-order valence-corrected chi connectivity index (χ0v) is 11.7. The van der Waals surface area contributed by atoms with Crippen LogP contribution in [0.25, 0.3) is 0 Å². The lowest BCUT2D eigenvalue weighted by molar-refractivity contribution is -0.137. The summed E-state index contributed by atoms with van der Waals surface area (Å²) in [5.41, 5.74) is 1.98. The molecule has 0 aliphatic carbocycles. The van der Waals surface area contributed by atoms with Crippen molar-refractivity contribution in [2.75, 3.05) is 0 Å². The molecule has 0 saturated carbocycles. The van der Waals surface area contributed by atoms with Gasteiger partial charge in [0.05, 0.1) is 0 Å². The first kappa shape index (κ1) is 14.9. The van der Waals surface area contributed by atoms with Gasteiger partial charge in [0.25, 0.3) is 0 Å². The summed E-state index contributed by atoms with van der Waals surface area (Å²) in [5, 5.41) is 18.4. The Balaban J connectivity index is 1.96. The molecule has 0 aromatic heterocycles. The van der Waals surface area contributed by atoms with Gasteiger partial charge in [-0.3, -0.25) is 4.79 Å². The highest BCUT2D eigenvalue weighted by molar-refractivity contribution is 5.66. The van der Waals surface area contributed by atoms with E-state index in [1.54, 1.807) is 18.2 Å². The monoisotopic (exact) mass is 286 g/mol. The standard InChI is InChI=1S/C17H18O4/c18-15-10-9-13(7-4-8-17(19)20)11-16(15)21-12-14-5-2-1-3-6-14/h1-3,5-6,9-11,18H,4,7-8,12H2,(H,19,20). The van der Waals surface area contributed by atoms with Gasteiger partial charge >= 0.3 is 5.97 Å². The maximum absolute atomic E-state index is 10.5. The fourth-order valence-corrected chi connectivity index (χ4v) is 2.01. The number of ether oxygens (including phenoxy) is 1. The van der Waals surface area contributed by atoms with Crippen LogP contribution in [0.4, 0.5) is 0 Å². The summed E-state index contributed by atoms with van der Waals surface area (Å²) in [6.07, 6.45) is 1.35. The Labute approximate surface area is 123 Å². The fraction of sp³-hybridized carbons (Fsp3) is 0.235. The fourth-order valence-electron chi connectivity index (χ4n) is 2.01. The van der Waals surface area contributed by atoms with Gasteiger partial charge in [-0.15, -0.1) is 0 Å². The molecule has 21 heavy (non-hydrogen) atoms. The van der Waals surface area contributed by atoms with Crippen LogP contribution in [-0.2, 0) is 17.8 Å². The molecule has 0 amide bonds. The van der Waals surface area contributed by atoms with Gasteiger partial charge in [-0.25, -0.2) is 0 Å². The Morgan fingerprint density at radius 2 is 1.81 bits per heavy atom. The SMILES string of the molecule is O=C(O)CCCc1ccc(O)c(OCc2ccccc2)c1. The molecule has 0 fully saturated rings. The number of phenols is 1. The third-order valence-electron chi connectivity index (χ3n) is 3.12. The van der Waals surface area contributed by atoms with Crippen molar-refractivity contribution in [3.8, 4) is 11.5 Å². The van der Waals surface area contributed by atoms with Crippen LogP contribution >= 0.6 is 0 Å². The molecule has 0 aliphatic rings. The summed E-state index contributed by atoms with van der Waals surface area (Å²) in [5.74, 6) is -0.283. The van der Waals surface area contributed by atoms with Crippen molar-refractivity contribution >= 4 is 5.97 Å². The van der Waals surface area contributed by atoms with Gasteiger partial charge in [0.15, 0.2) is 11.5 Å². The molecule has 110 valence electrons. The van der Waals surface area contributed by atoms with Gasteiger partial charge in [0.1, 0.15) is 6.61 Å². The van der Waals surface area contributed by atoms with Crippen LogP contribution in [0.3, 0.4) is 0 Å². The number of phenolic OH excluding ortho intramolecular Hbond substituents is 1. The number of carbonyl (C=O) groups is 1. The van der Waals surface area contributed by atoms with Crippen molar-refractivity contribution in [1.82, 2.24) is 0 Å². The second-order valence-electron chi connectivity index (χ2n) is 4.82. The van der Waals surface area contributed by atoms with Crippen LogP contribution in [0.5, 0.6) is 11.5 Å². The lowest BCUT2D eigenvalue weighted by Crippen LogP contribution is -1.98. The van der Waals surface area contributed by atoms with Crippen LogP contribution in [0, 0.1) is 0 Å². The Morgan fingerprint density at radius 1 is 1.05 bits per heavy atom. The Bertz CT molecular complexity index is 593. The topological polar surface area (TPSA) is 66.8 Å². The van der Waals surface area contributed by atoms with E-state index in [4.69, 9.17) is 9.84 Å². The first-order chi connectivity index (χ1) is 10.1. The Morgan fingerprint density at radius 3 is 2.52 bits per heavy atom. The molecular weight excluding hydrogens is 268 g/mol. The van der Waals surface area contributed by atoms with Crippen LogP contribution in [0.1, 0.15) is 24.0 Å². The molecule has 0 unspecified atom stereocenters. The van der Waals surface area contributed by atoms with E-state index in [-0.39, 0.29) is 12.2 Å². The summed E-state index contributed by atoms with van der Waals surface area (Å²) in [7, 11) is 0. The zero-order valence-electron chi connectivity index (χ0n) is 11.7. The quantitative estimate of drug-likeness (QED) is 0.819. The van der Waals surface area contributed by atoms with Crippen LogP contribution in [-0.4, -0.2) is 16.2 Å². The number of aryl methyl sites for hydroxylation is 1. The highest BCUT2D eigenvalue weighted by Crippen LogP contribution is 2.28. The smallest absolute Gasteiger partial charge is 0.303 e. The summed E-state index contributed by atoms with van der Waals surface area (Å²) in [6, 6.07) is 14.8. The maximum Gasteiger partial charge on any atom is 0.303 e. The highest BCUT2D eigenvalue weighted by Gasteiger charge is 2.06. The van der Waals surface area contributed by atoms with E-state index in [2.05, 4.69) is 0 Å². The summed E-state index contributed by atoms with van der Waals surface area (Å²) in [4.78, 5) is 10.5. The molecule has 0 heterocycles. The molecule has 2 aromatic carbocycles. The number of aromatic hydroxyl groups is 1. The molecule has 4 heteroatoms. The molecule has 2 N–H and O–H groups in total. The van der Waals surface area contributed by atoms with Gasteiger partial charge in [0.2, 0.25) is 0 Å². The van der Waals surface area contributed by atoms with Gasteiger partial charge in [-0.1, -0.05) is 36.4 Å². The molecule has 0 bridgehead atoms. The van der Waals surface area contributed by atoms with Crippen LogP contribution in [0.2, 0.25) is 0 Å². The molecular formula is C17H18O4. The normalized spacial score (nSPS) is 10.3. The number of carboxylic acids is 1. The predicted molar refractivity (Wildman–Crippen MR) is 79.5 cm³/mol. The number of aliphatic carboxylic acids is 1. The third kappa shape index (κ3) is 4.84. The minimum atomic E-state index is -0.797. The minimum absolute atomic E-state index is 0.0907. The predicted octanol–water partition coefficient (Wildman–Crippen LogP) is 3.38. The minimum Gasteiger partial charge on any atom is -0.504 e. The number of benzene rings is 2. The van der Waals surface area contributed by atoms with Crippen LogP contribution in [0.15, 0.2) is 48.5 Å². The molecule has 0 aliphatic heterocycles. The average Bonchev–Trinajstić information content (AvgIpc) is 2.48. The van der Waals surface area contributed by atoms with E-state index in [1.165, 1.54) is 0 Å². The van der Waals surface area contributed by atoms with E-state index in [0.29, 0.717) is 25.2 Å². The van der Waals surface area contributed by atoms with E-state index < -0.39 is 5.97 Å². The van der Waals surface area contributed by atoms with E-state index in [1.807, 2.05) is 30.3 Å². The maximum atomic E-state index is 10.5. The molecule has 0 radical (unpaired) electrons. The van der Waals surface area contributed by atoms with E-state index in [9.17, 15) is 9.90 Å². The largest absolute Gasteiger partial charge is 0.504 e. The number of rotatable bonds is 7. The molecule has 0 saturated heterocycles. The van der Waals surface area contributed by atoms with Crippen molar-refractivity contribution in [3.63, 3.8) is 0 Å². The van der Waals surface area contributed by atoms with Crippen molar-refractivity contribution in [2.24, 2.45) is 0 Å². The third-order valence-corrected chi connectivity index (χ3v) is 3.12. The molecule has 4 nitrogen and oxygen atoms in total. The van der Waals surface area contributed by atoms with Crippen molar-refractivity contribution in [1.29, 1.82) is 0 Å². The summed E-state index contributed by atoms with van der Waals surface area (Å²) in [6.45, 7) is 0.382. The second-order valence-corrected chi connectivity index (χ2v) is 4.82. The number of carboxylic acid groups (broad SMARTS) is 1. The summed E-state index contributed by atoms with van der Waals surface area (Å²) < 4.78 is 5.62. The average molecular weight is 286 g/mol. The van der Waals surface area contributed by atoms with Crippen LogP contribution < -0.4 is 4.74 Å². The first-order valence-corrected chi connectivity index (χ1v) is 6.85. The second kappa shape index (κ2) is 7.33. The Hall–Kier alpha value is -2.49. The van der Waals surface area contributed by atoms with E-state index in [0.717, 1.165) is 11.1 Å². The van der Waals surface area contributed by atoms with Gasteiger partial charge in [-0.2, -0.15) is 0 Å². The van der Waals surface area contributed by atoms with Crippen molar-refractivity contribution in [3.05, 3.63) is 59.7 Å². The first-order valence-electron chi connectivity index (χ1n) is 6.85. The molecule has 2 rings (SSSR count). The lowest BCUT2D eigenvalue weighted by Gasteiger charge is -2.10. The van der Waals surface area contributed by atoms with E-state index >= 15 is 0 Å². The van der Waals surface area contributed by atoms with Crippen molar-refractivity contribution in [2.45, 2.75) is 25.9 Å². The van der Waals surface area contributed by atoms with Gasteiger partial charge in [-0.05, 0) is 36.1 Å².